The molecule has 1 saturated carbocycles. The summed E-state index contributed by atoms with van der Waals surface area (Å²) in [7, 11) is 0. The number of likely N-dealkylation sites (tertiary alicyclic amines) is 1. The van der Waals surface area contributed by atoms with Crippen LogP contribution in [0, 0.1) is 0 Å². The van der Waals surface area contributed by atoms with Crippen LogP contribution in [0.4, 0.5) is 0 Å². The zero-order valence-corrected chi connectivity index (χ0v) is 9.78. The average Bonchev–Trinajstić information content (AvgIpc) is 2.24. The first-order valence-corrected chi connectivity index (χ1v) is 6.29. The smallest absolute Gasteiger partial charge is 0.0541 e. The number of nitrogens with two attached hydrogens (primary N) is 1. The molecule has 0 unspecified atom stereocenters. The number of rotatable bonds is 1. The molecule has 3 heteroatoms. The van der Waals surface area contributed by atoms with Crippen molar-refractivity contribution in [3.63, 3.8) is 0 Å². The Labute approximate surface area is 92.6 Å². The van der Waals surface area contributed by atoms with Crippen LogP contribution in [-0.4, -0.2) is 40.8 Å². The van der Waals surface area contributed by atoms with Gasteiger partial charge in [-0.25, -0.2) is 0 Å². The Balaban J connectivity index is 1.91. The van der Waals surface area contributed by atoms with Crippen molar-refractivity contribution in [1.29, 1.82) is 0 Å². The maximum atomic E-state index is 9.54. The summed E-state index contributed by atoms with van der Waals surface area (Å²) in [4.78, 5) is 2.60. The molecule has 1 heterocycles. The first kappa shape index (κ1) is 11.4. The van der Waals surface area contributed by atoms with Crippen LogP contribution in [0.25, 0.3) is 0 Å². The van der Waals surface area contributed by atoms with E-state index in [2.05, 4.69) is 11.8 Å². The molecule has 0 radical (unpaired) electrons. The summed E-state index contributed by atoms with van der Waals surface area (Å²) in [5, 5.41) is 9.54. The van der Waals surface area contributed by atoms with Crippen molar-refractivity contribution >= 4 is 0 Å². The topological polar surface area (TPSA) is 49.5 Å². The highest BCUT2D eigenvalue weighted by atomic mass is 16.3. The highest BCUT2D eigenvalue weighted by Crippen LogP contribution is 2.34. The van der Waals surface area contributed by atoms with Gasteiger partial charge in [-0.1, -0.05) is 0 Å². The van der Waals surface area contributed by atoms with Gasteiger partial charge in [-0.15, -0.1) is 0 Å². The van der Waals surface area contributed by atoms with E-state index in [1.54, 1.807) is 0 Å². The molecule has 2 fully saturated rings. The van der Waals surface area contributed by atoms with Gasteiger partial charge in [-0.3, -0.25) is 4.90 Å². The predicted molar refractivity (Wildman–Crippen MR) is 61.7 cm³/mol. The molecular weight excluding hydrogens is 188 g/mol. The summed E-state index contributed by atoms with van der Waals surface area (Å²) in [6.45, 7) is 4.65. The molecule has 0 aromatic rings. The lowest BCUT2D eigenvalue weighted by atomic mass is 9.79. The van der Waals surface area contributed by atoms with E-state index in [9.17, 15) is 5.11 Å². The van der Waals surface area contributed by atoms with Crippen LogP contribution in [0.5, 0.6) is 0 Å². The number of aliphatic hydroxyl groups is 1. The molecule has 3 nitrogen and oxygen atoms in total. The first-order chi connectivity index (χ1) is 7.10. The second kappa shape index (κ2) is 4.40. The molecule has 2 rings (SSSR count). The summed E-state index contributed by atoms with van der Waals surface area (Å²) >= 11 is 0. The molecule has 0 amide bonds. The second-order valence-corrected chi connectivity index (χ2v) is 5.55. The average molecular weight is 212 g/mol. The minimum Gasteiger partial charge on any atom is -0.393 e. The SMILES string of the molecule is CC1(N2CCC(N)CC2)CCC(O)CC1. The molecule has 2 aliphatic rings. The zero-order chi connectivity index (χ0) is 10.9. The molecule has 0 spiro atoms. The number of hydrogen-bond acceptors (Lipinski definition) is 3. The van der Waals surface area contributed by atoms with Crippen molar-refractivity contribution in [2.45, 2.75) is 63.1 Å². The third kappa shape index (κ3) is 2.52. The van der Waals surface area contributed by atoms with Gasteiger partial charge in [0.2, 0.25) is 0 Å². The summed E-state index contributed by atoms with van der Waals surface area (Å²) in [5.41, 5.74) is 6.26. The van der Waals surface area contributed by atoms with Gasteiger partial charge in [0.1, 0.15) is 0 Å². The van der Waals surface area contributed by atoms with Crippen molar-refractivity contribution < 1.29 is 5.11 Å². The van der Waals surface area contributed by atoms with Crippen molar-refractivity contribution in [3.05, 3.63) is 0 Å². The Bertz CT molecular complexity index is 204. The molecule has 15 heavy (non-hydrogen) atoms. The van der Waals surface area contributed by atoms with Gasteiger partial charge in [-0.05, 0) is 45.4 Å². The van der Waals surface area contributed by atoms with Gasteiger partial charge in [0, 0.05) is 24.7 Å². The van der Waals surface area contributed by atoms with E-state index in [1.807, 2.05) is 0 Å². The largest absolute Gasteiger partial charge is 0.393 e. The first-order valence-electron chi connectivity index (χ1n) is 6.29. The van der Waals surface area contributed by atoms with Crippen molar-refractivity contribution in [1.82, 2.24) is 4.90 Å². The van der Waals surface area contributed by atoms with Crippen molar-refractivity contribution in [3.8, 4) is 0 Å². The highest BCUT2D eigenvalue weighted by molar-refractivity contribution is 4.93. The van der Waals surface area contributed by atoms with Crippen LogP contribution < -0.4 is 5.73 Å². The Morgan fingerprint density at radius 1 is 1.13 bits per heavy atom. The summed E-state index contributed by atoms with van der Waals surface area (Å²) in [6.07, 6.45) is 6.45. The van der Waals surface area contributed by atoms with Crippen molar-refractivity contribution in [2.24, 2.45) is 5.73 Å². The third-order valence-corrected chi connectivity index (χ3v) is 4.34. The molecule has 1 saturated heterocycles. The monoisotopic (exact) mass is 212 g/mol. The molecule has 1 aliphatic carbocycles. The Hall–Kier alpha value is -0.120. The molecule has 0 aromatic heterocycles. The summed E-state index contributed by atoms with van der Waals surface area (Å²) in [6, 6.07) is 0.416. The summed E-state index contributed by atoms with van der Waals surface area (Å²) < 4.78 is 0. The Morgan fingerprint density at radius 3 is 2.20 bits per heavy atom. The van der Waals surface area contributed by atoms with Crippen LogP contribution in [0.1, 0.15) is 45.4 Å². The maximum absolute atomic E-state index is 9.54. The lowest BCUT2D eigenvalue weighted by Crippen LogP contribution is -2.53. The number of nitrogens with zero attached hydrogens (tertiary/aromatic N) is 1. The number of aliphatic hydroxyl groups excluding tert-OH is 1. The van der Waals surface area contributed by atoms with E-state index in [-0.39, 0.29) is 6.10 Å². The Kier molecular flexibility index (Phi) is 3.33. The van der Waals surface area contributed by atoms with E-state index in [0.717, 1.165) is 51.6 Å². The fourth-order valence-corrected chi connectivity index (χ4v) is 2.98. The van der Waals surface area contributed by atoms with E-state index >= 15 is 0 Å². The summed E-state index contributed by atoms with van der Waals surface area (Å²) in [5.74, 6) is 0. The second-order valence-electron chi connectivity index (χ2n) is 5.55. The fourth-order valence-electron chi connectivity index (χ4n) is 2.98. The van der Waals surface area contributed by atoms with Gasteiger partial charge in [0.15, 0.2) is 0 Å². The standard InChI is InChI=1S/C12H24N2O/c1-12(6-2-11(15)3-7-12)14-8-4-10(13)5-9-14/h10-11,15H,2-9,13H2,1H3. The van der Waals surface area contributed by atoms with Crippen LogP contribution in [-0.2, 0) is 0 Å². The Morgan fingerprint density at radius 2 is 1.67 bits per heavy atom. The van der Waals surface area contributed by atoms with Crippen molar-refractivity contribution in [2.75, 3.05) is 13.1 Å². The van der Waals surface area contributed by atoms with E-state index in [4.69, 9.17) is 5.73 Å². The molecule has 0 bridgehead atoms. The maximum Gasteiger partial charge on any atom is 0.0541 e. The number of hydrogen-bond donors (Lipinski definition) is 2. The molecular formula is C12H24N2O. The fraction of sp³-hybridized carbons (Fsp3) is 1.00. The minimum absolute atomic E-state index is 0.0508. The normalized spacial score (nSPS) is 40.6. The van der Waals surface area contributed by atoms with Crippen LogP contribution in [0.15, 0.2) is 0 Å². The quantitative estimate of drug-likeness (QED) is 0.684. The zero-order valence-electron chi connectivity index (χ0n) is 9.78. The van der Waals surface area contributed by atoms with Gasteiger partial charge in [0.05, 0.1) is 6.10 Å². The van der Waals surface area contributed by atoms with E-state index in [1.165, 1.54) is 0 Å². The molecule has 3 N–H and O–H groups in total. The van der Waals surface area contributed by atoms with Gasteiger partial charge in [0.25, 0.3) is 0 Å². The molecule has 0 aromatic carbocycles. The molecule has 88 valence electrons. The molecule has 0 atom stereocenters. The van der Waals surface area contributed by atoms with E-state index in [0.29, 0.717) is 11.6 Å². The van der Waals surface area contributed by atoms with E-state index < -0.39 is 0 Å². The number of piperidine rings is 1. The van der Waals surface area contributed by atoms with Crippen LogP contribution in [0.3, 0.4) is 0 Å². The third-order valence-electron chi connectivity index (χ3n) is 4.34. The highest BCUT2D eigenvalue weighted by Gasteiger charge is 2.36. The lowest BCUT2D eigenvalue weighted by molar-refractivity contribution is 0.00475. The van der Waals surface area contributed by atoms with Crippen LogP contribution in [0.2, 0.25) is 0 Å². The predicted octanol–water partition coefficient (Wildman–Crippen LogP) is 1.10. The molecule has 1 aliphatic heterocycles. The van der Waals surface area contributed by atoms with Gasteiger partial charge in [-0.2, -0.15) is 0 Å². The van der Waals surface area contributed by atoms with Gasteiger partial charge >= 0.3 is 0 Å². The van der Waals surface area contributed by atoms with Gasteiger partial charge < -0.3 is 10.8 Å². The van der Waals surface area contributed by atoms with Crippen LogP contribution >= 0.6 is 0 Å². The minimum atomic E-state index is -0.0508. The lowest BCUT2D eigenvalue weighted by Gasteiger charge is -2.47.